The van der Waals surface area contributed by atoms with Crippen LogP contribution in [0.15, 0.2) is 24.3 Å². The fourth-order valence-corrected chi connectivity index (χ4v) is 14.9. The summed E-state index contributed by atoms with van der Waals surface area (Å²) in [6.45, 7) is 3.10. The number of aliphatic hydroxyl groups is 12. The number of hydrogen-bond donors (Lipinski definition) is 16. The highest BCUT2D eigenvalue weighted by Gasteiger charge is 2.57. The van der Waals surface area contributed by atoms with E-state index >= 15 is 0 Å². The van der Waals surface area contributed by atoms with E-state index in [1.165, 1.54) is 52.4 Å². The molecular weight excluding hydrogens is 1570 g/mol. The predicted molar refractivity (Wildman–Crippen MR) is 414 cm³/mol. The van der Waals surface area contributed by atoms with Crippen molar-refractivity contribution in [1.82, 2.24) is 21.3 Å². The molecule has 0 aromatic rings. The highest BCUT2D eigenvalue weighted by atomic mass is 31.2. The number of phosphoric ester groups is 1. The number of carbonyl (C=O) groups excluding carboxylic acids is 6. The van der Waals surface area contributed by atoms with E-state index in [9.17, 15) is 94.6 Å². The lowest BCUT2D eigenvalue weighted by Gasteiger charge is -2.50. The normalized spacial score (nSPS) is 31.6. The van der Waals surface area contributed by atoms with Crippen LogP contribution in [0.3, 0.4) is 0 Å². The molecule has 5 aliphatic heterocycles. The molecule has 117 heavy (non-hydrogen) atoms. The number of unbranched alkanes of at least 4 members (excludes halogenated alkanes) is 17. The van der Waals surface area contributed by atoms with Crippen molar-refractivity contribution >= 4 is 43.4 Å². The Kier molecular flexibility index (Phi) is 50.3. The number of aliphatic hydroxyl groups excluding tert-OH is 12. The largest absolute Gasteiger partial charge is 0.474 e. The number of phosphoric acid groups is 1. The molecule has 678 valence electrons. The minimum atomic E-state index is -4.26. The van der Waals surface area contributed by atoms with Gasteiger partial charge in [0, 0.05) is 66.2 Å². The summed E-state index contributed by atoms with van der Waals surface area (Å²) >= 11 is 0. The van der Waals surface area contributed by atoms with Crippen molar-refractivity contribution in [3.8, 4) is 0 Å². The maximum atomic E-state index is 13.5. The summed E-state index contributed by atoms with van der Waals surface area (Å²) in [6.07, 6.45) is -9.77. The van der Waals surface area contributed by atoms with Crippen LogP contribution in [0.1, 0.15) is 208 Å². The van der Waals surface area contributed by atoms with Crippen molar-refractivity contribution in [2.24, 2.45) is 0 Å². The number of rotatable bonds is 58. The van der Waals surface area contributed by atoms with E-state index in [1.807, 2.05) is 13.0 Å². The zero-order chi connectivity index (χ0) is 85.8. The van der Waals surface area contributed by atoms with Crippen LogP contribution >= 0.6 is 7.82 Å². The Balaban J connectivity index is 1.06. The fourth-order valence-electron chi connectivity index (χ4n) is 13.9. The Labute approximate surface area is 685 Å². The molecule has 0 saturated carbocycles. The predicted octanol–water partition coefficient (Wildman–Crippen LogP) is 1.21. The highest BCUT2D eigenvalue weighted by molar-refractivity contribution is 7.48. The third-order valence-electron chi connectivity index (χ3n) is 20.6. The molecule has 5 aliphatic rings. The van der Waals surface area contributed by atoms with Crippen molar-refractivity contribution in [2.45, 2.75) is 361 Å². The van der Waals surface area contributed by atoms with E-state index in [0.717, 1.165) is 84.7 Å². The molecule has 11 unspecified atom stereocenters. The molecule has 4 amide bonds. The maximum absolute atomic E-state index is 13.5. The standard InChI is InChI=1S/C78H137N4O34P/c1-7-9-11-13-15-17-18-19-20-21-22-23-25-27-29-36-61(92)108-51(46-104-60(91)35-28-26-24-16-14-12-10-8-2)47-106-117(101,102-6)105-40-38-80-59(90)34-31-30-33-58(89)79-37-32-39-103-74-52(81-49(4)87)41-53(54(42-83)110-74)109-77-70(100)72(66(96)57(45-86)112-77)115-75-62(82-50(5)88)71(65(95)56(44-85)111-75)114-78-73(68(98)64(94)55(43-84)113-78)116-76-69(99)67(97)63(93)48(3)107-76/h8,10,19-20,48,51-57,62-78,83-86,93-100H,7,9,11-18,21-47H2,1-6H3,(H,79,89)(H,80,90)(H,81,87)(H,82,88)/b10-8-,20-19-/t48?,51-,52?,53+,54?,55?,56?,57?,62?,63-,64+,65-,66+,67+,68+,69?,70?,71-,72+,73?,74-,75+,76+,77-,78+,117?/m1/s1. The molecule has 39 heteroatoms. The van der Waals surface area contributed by atoms with Crippen LogP contribution in [-0.2, 0) is 104 Å². The van der Waals surface area contributed by atoms with E-state index in [1.54, 1.807) is 0 Å². The van der Waals surface area contributed by atoms with Gasteiger partial charge >= 0.3 is 19.8 Å². The average Bonchev–Trinajstić information content (AvgIpc) is 0.765. The lowest BCUT2D eigenvalue weighted by atomic mass is 9.94. The molecular formula is C78H137N4O34P. The first-order valence-electron chi connectivity index (χ1n) is 41.7. The van der Waals surface area contributed by atoms with Crippen molar-refractivity contribution in [3.63, 3.8) is 0 Å². The molecule has 5 heterocycles. The summed E-state index contributed by atoms with van der Waals surface area (Å²) in [7, 11) is -3.15. The van der Waals surface area contributed by atoms with Crippen LogP contribution in [0.25, 0.3) is 0 Å². The van der Waals surface area contributed by atoms with Gasteiger partial charge in [-0.15, -0.1) is 0 Å². The Morgan fingerprint density at radius 3 is 1.56 bits per heavy atom. The molecule has 0 aromatic heterocycles. The minimum Gasteiger partial charge on any atom is -0.462 e. The topological polar surface area (TPSA) is 549 Å². The number of ether oxygens (including phenoxy) is 12. The molecule has 0 bridgehead atoms. The van der Waals surface area contributed by atoms with E-state index in [-0.39, 0.29) is 83.2 Å². The lowest BCUT2D eigenvalue weighted by molar-refractivity contribution is -0.388. The summed E-state index contributed by atoms with van der Waals surface area (Å²) in [6, 6.07) is -2.74. The molecule has 0 aliphatic carbocycles. The summed E-state index contributed by atoms with van der Waals surface area (Å²) in [5, 5.41) is 142. The molecule has 38 nitrogen and oxygen atoms in total. The molecule has 0 spiro atoms. The van der Waals surface area contributed by atoms with Crippen LogP contribution in [0.4, 0.5) is 0 Å². The van der Waals surface area contributed by atoms with E-state index in [2.05, 4.69) is 46.4 Å². The van der Waals surface area contributed by atoms with E-state index in [0.29, 0.717) is 25.7 Å². The number of nitrogens with one attached hydrogen (secondary N) is 4. The number of allylic oxidation sites excluding steroid dienone is 4. The van der Waals surface area contributed by atoms with Gasteiger partial charge in [0.1, 0.15) is 104 Å². The average molecular weight is 1710 g/mol. The van der Waals surface area contributed by atoms with Crippen molar-refractivity contribution < 1.29 is 165 Å². The number of hydrogen-bond acceptors (Lipinski definition) is 34. The van der Waals surface area contributed by atoms with Crippen LogP contribution in [0.5, 0.6) is 0 Å². The lowest BCUT2D eigenvalue weighted by Crippen LogP contribution is -2.70. The third-order valence-corrected chi connectivity index (χ3v) is 22.0. The zero-order valence-corrected chi connectivity index (χ0v) is 69.6. The quantitative estimate of drug-likeness (QED) is 0.0176. The molecule has 0 radical (unpaired) electrons. The Hall–Kier alpha value is -4.47. The monoisotopic (exact) mass is 1700 g/mol. The van der Waals surface area contributed by atoms with Gasteiger partial charge in [-0.1, -0.05) is 102 Å². The fraction of sp³-hybridized carbons (Fsp3) is 0.872. The van der Waals surface area contributed by atoms with Gasteiger partial charge in [-0.3, -0.25) is 42.3 Å². The van der Waals surface area contributed by atoms with Crippen molar-refractivity contribution in [1.29, 1.82) is 0 Å². The second-order valence-corrected chi connectivity index (χ2v) is 32.0. The van der Waals surface area contributed by atoms with E-state index < -0.39 is 218 Å². The molecule has 5 rings (SSSR count). The van der Waals surface area contributed by atoms with Gasteiger partial charge < -0.3 is 139 Å². The van der Waals surface area contributed by atoms with E-state index in [4.69, 9.17) is 70.4 Å². The Bertz CT molecular complexity index is 2920. The maximum Gasteiger partial charge on any atom is 0.474 e. The SMILES string of the molecule is C/C=C\CCCCCCCC(=O)OC[C@H](COP(=O)(OC)OCCNC(=O)CCCCC(=O)NCCCO[C@@H]1OC(CO)[C@@H](O[C@@H]2OC(CO)[C@H](O)[C@H](O[C@@H]3OC(CO)[C@@H](O)[C@H](O[C@@H]4OC(CO)[C@H](O)[C@H](O)C4O[C@@H]4OC(C)[C@@H](O)[C@H](O)C4O)C3NC(C)=O)C2O)CC1NC(C)=O)OC(=O)CCCCCCC/C=C\CCCCCCCC. The van der Waals surface area contributed by atoms with Crippen LogP contribution in [0, 0.1) is 0 Å². The van der Waals surface area contributed by atoms with Gasteiger partial charge in [-0.2, -0.15) is 0 Å². The van der Waals surface area contributed by atoms with Crippen molar-refractivity contribution in [3.05, 3.63) is 24.3 Å². The molecule has 26 atom stereocenters. The van der Waals surface area contributed by atoms with Gasteiger partial charge in [0.05, 0.1) is 64.5 Å². The van der Waals surface area contributed by atoms with Crippen LogP contribution in [-0.4, -0.2) is 323 Å². The molecule has 5 saturated heterocycles. The third kappa shape index (κ3) is 36.5. The minimum absolute atomic E-state index is 0.0427. The first-order valence-corrected chi connectivity index (χ1v) is 43.1. The van der Waals surface area contributed by atoms with Gasteiger partial charge in [-0.25, -0.2) is 4.57 Å². The first kappa shape index (κ1) is 103. The Morgan fingerprint density at radius 1 is 0.470 bits per heavy atom. The van der Waals surface area contributed by atoms with Crippen molar-refractivity contribution in [2.75, 3.05) is 73.1 Å². The van der Waals surface area contributed by atoms with Gasteiger partial charge in [0.15, 0.2) is 37.6 Å². The second kappa shape index (κ2) is 57.1. The van der Waals surface area contributed by atoms with Gasteiger partial charge in [0.2, 0.25) is 23.6 Å². The molecule has 16 N–H and O–H groups in total. The summed E-state index contributed by atoms with van der Waals surface area (Å²) in [5.41, 5.74) is 0. The number of amides is 4. The smallest absolute Gasteiger partial charge is 0.462 e. The summed E-state index contributed by atoms with van der Waals surface area (Å²) < 4.78 is 100. The Morgan fingerprint density at radius 2 is 0.974 bits per heavy atom. The first-order chi connectivity index (χ1) is 56.2. The zero-order valence-electron chi connectivity index (χ0n) is 68.7. The van der Waals surface area contributed by atoms with Gasteiger partial charge in [-0.05, 0) is 84.5 Å². The van der Waals surface area contributed by atoms with Gasteiger partial charge in [0.25, 0.3) is 0 Å². The summed E-state index contributed by atoms with van der Waals surface area (Å²) in [4.78, 5) is 76.9. The number of esters is 2. The molecule has 0 aromatic carbocycles. The molecule has 5 fully saturated rings. The number of carbonyl (C=O) groups is 6. The highest BCUT2D eigenvalue weighted by Crippen LogP contribution is 2.48. The summed E-state index contributed by atoms with van der Waals surface area (Å²) in [5.74, 6) is -3.05. The van der Waals surface area contributed by atoms with Crippen LogP contribution in [0.2, 0.25) is 0 Å². The van der Waals surface area contributed by atoms with Crippen LogP contribution < -0.4 is 21.3 Å². The second-order valence-electron chi connectivity index (χ2n) is 30.2.